The van der Waals surface area contributed by atoms with Gasteiger partial charge in [0.05, 0.1) is 6.54 Å². The molecule has 2 saturated carbocycles. The third-order valence-corrected chi connectivity index (χ3v) is 5.58. The second kappa shape index (κ2) is 9.17. The number of nitrogens with one attached hydrogen (secondary N) is 2. The topological polar surface area (TPSA) is 61.4 Å². The highest BCUT2D eigenvalue weighted by atomic mass is 16.2. The van der Waals surface area contributed by atoms with Crippen LogP contribution in [0.2, 0.25) is 0 Å². The summed E-state index contributed by atoms with van der Waals surface area (Å²) in [6, 6.07) is 8.97. The Kier molecular flexibility index (Phi) is 6.67. The van der Waals surface area contributed by atoms with Crippen LogP contribution in [0.15, 0.2) is 24.3 Å². The lowest BCUT2D eigenvalue weighted by Gasteiger charge is -2.31. The van der Waals surface area contributed by atoms with Crippen molar-refractivity contribution >= 4 is 11.8 Å². The first-order valence-corrected chi connectivity index (χ1v) is 9.95. The van der Waals surface area contributed by atoms with Crippen molar-refractivity contribution < 1.29 is 9.59 Å². The molecular weight excluding hydrogens is 326 g/mol. The zero-order valence-corrected chi connectivity index (χ0v) is 15.8. The van der Waals surface area contributed by atoms with Crippen LogP contribution >= 0.6 is 0 Å². The SMILES string of the molecule is CN(Cc1ccccc1CNC(=O)CNC(=O)C1CC1)C1CCCCC1. The molecule has 0 aromatic heterocycles. The van der Waals surface area contributed by atoms with Crippen LogP contribution in [0.4, 0.5) is 0 Å². The summed E-state index contributed by atoms with van der Waals surface area (Å²) >= 11 is 0. The van der Waals surface area contributed by atoms with E-state index in [2.05, 4.69) is 40.8 Å². The average Bonchev–Trinajstić information content (AvgIpc) is 3.51. The molecule has 0 spiro atoms. The number of benzene rings is 1. The zero-order valence-electron chi connectivity index (χ0n) is 15.8. The molecule has 0 unspecified atom stereocenters. The van der Waals surface area contributed by atoms with Crippen molar-refractivity contribution in [3.05, 3.63) is 35.4 Å². The summed E-state index contributed by atoms with van der Waals surface area (Å²) in [5.41, 5.74) is 2.42. The molecule has 5 nitrogen and oxygen atoms in total. The number of carbonyl (C=O) groups is 2. The fourth-order valence-electron chi connectivity index (χ4n) is 3.72. The molecule has 1 aromatic rings. The fourth-order valence-corrected chi connectivity index (χ4v) is 3.72. The van der Waals surface area contributed by atoms with Crippen LogP contribution in [0.3, 0.4) is 0 Å². The number of nitrogens with zero attached hydrogens (tertiary/aromatic N) is 1. The lowest BCUT2D eigenvalue weighted by Crippen LogP contribution is -2.37. The first kappa shape index (κ1) is 18.9. The summed E-state index contributed by atoms with van der Waals surface area (Å²) in [6.07, 6.45) is 8.51. The van der Waals surface area contributed by atoms with Crippen molar-refractivity contribution in [2.75, 3.05) is 13.6 Å². The monoisotopic (exact) mass is 357 g/mol. The van der Waals surface area contributed by atoms with Gasteiger partial charge < -0.3 is 10.6 Å². The van der Waals surface area contributed by atoms with Gasteiger partial charge in [0.2, 0.25) is 11.8 Å². The lowest BCUT2D eigenvalue weighted by molar-refractivity contribution is -0.126. The maximum absolute atomic E-state index is 12.0. The first-order chi connectivity index (χ1) is 12.6. The van der Waals surface area contributed by atoms with Crippen molar-refractivity contribution in [3.8, 4) is 0 Å². The number of hydrogen-bond donors (Lipinski definition) is 2. The van der Waals surface area contributed by atoms with Crippen LogP contribution in [0.1, 0.15) is 56.1 Å². The quantitative estimate of drug-likeness (QED) is 0.752. The molecule has 2 N–H and O–H groups in total. The van der Waals surface area contributed by atoms with E-state index in [1.807, 2.05) is 6.07 Å². The average molecular weight is 357 g/mol. The summed E-state index contributed by atoms with van der Waals surface area (Å²) in [7, 11) is 2.21. The predicted octanol–water partition coefficient (Wildman–Crippen LogP) is 2.59. The standard InChI is InChI=1S/C21H31N3O2/c1-24(19-9-3-2-4-10-19)15-18-8-6-5-7-17(18)13-22-20(25)14-23-21(26)16-11-12-16/h5-8,16,19H,2-4,9-15H2,1H3,(H,22,25)(H,23,26). The molecule has 0 heterocycles. The molecule has 2 amide bonds. The van der Waals surface area contributed by atoms with Crippen molar-refractivity contribution in [2.24, 2.45) is 5.92 Å². The maximum Gasteiger partial charge on any atom is 0.239 e. The van der Waals surface area contributed by atoms with E-state index >= 15 is 0 Å². The van der Waals surface area contributed by atoms with Crippen molar-refractivity contribution in [2.45, 2.75) is 64.1 Å². The van der Waals surface area contributed by atoms with E-state index in [0.29, 0.717) is 12.6 Å². The van der Waals surface area contributed by atoms with E-state index in [1.165, 1.54) is 37.7 Å². The van der Waals surface area contributed by atoms with E-state index in [9.17, 15) is 9.59 Å². The van der Waals surface area contributed by atoms with E-state index < -0.39 is 0 Å². The highest BCUT2D eigenvalue weighted by molar-refractivity contribution is 5.86. The van der Waals surface area contributed by atoms with Crippen molar-refractivity contribution in [1.29, 1.82) is 0 Å². The zero-order chi connectivity index (χ0) is 18.4. The molecule has 26 heavy (non-hydrogen) atoms. The molecule has 0 saturated heterocycles. The summed E-state index contributed by atoms with van der Waals surface area (Å²) in [6.45, 7) is 1.49. The summed E-state index contributed by atoms with van der Waals surface area (Å²) in [5.74, 6) is 0.0166. The molecular formula is C21H31N3O2. The molecule has 0 atom stereocenters. The van der Waals surface area contributed by atoms with Crippen molar-refractivity contribution in [1.82, 2.24) is 15.5 Å². The molecule has 5 heteroatoms. The first-order valence-electron chi connectivity index (χ1n) is 9.95. The molecule has 2 fully saturated rings. The maximum atomic E-state index is 12.0. The Morgan fingerprint density at radius 2 is 1.69 bits per heavy atom. The minimum Gasteiger partial charge on any atom is -0.350 e. The van der Waals surface area contributed by atoms with Gasteiger partial charge in [0.1, 0.15) is 0 Å². The van der Waals surface area contributed by atoms with Gasteiger partial charge >= 0.3 is 0 Å². The number of hydrogen-bond acceptors (Lipinski definition) is 3. The molecule has 0 bridgehead atoms. The fraction of sp³-hybridized carbons (Fsp3) is 0.619. The van der Waals surface area contributed by atoms with Crippen molar-refractivity contribution in [3.63, 3.8) is 0 Å². The van der Waals surface area contributed by atoms with E-state index in [1.54, 1.807) is 0 Å². The third-order valence-electron chi connectivity index (χ3n) is 5.58. The third kappa shape index (κ3) is 5.56. The Hall–Kier alpha value is -1.88. The van der Waals surface area contributed by atoms with Crippen LogP contribution in [0, 0.1) is 5.92 Å². The molecule has 0 radical (unpaired) electrons. The molecule has 0 aliphatic heterocycles. The number of rotatable bonds is 8. The normalized spacial score (nSPS) is 17.9. The minimum atomic E-state index is -0.130. The minimum absolute atomic E-state index is 0.00894. The smallest absolute Gasteiger partial charge is 0.239 e. The van der Waals surface area contributed by atoms with Gasteiger partial charge in [-0.25, -0.2) is 0 Å². The van der Waals surface area contributed by atoms with Gasteiger partial charge in [0.15, 0.2) is 0 Å². The van der Waals surface area contributed by atoms with Gasteiger partial charge in [-0.1, -0.05) is 43.5 Å². The van der Waals surface area contributed by atoms with Crippen LogP contribution in [-0.2, 0) is 22.7 Å². The number of carbonyl (C=O) groups excluding carboxylic acids is 2. The van der Waals surface area contributed by atoms with Crippen LogP contribution in [0.5, 0.6) is 0 Å². The van der Waals surface area contributed by atoms with Gasteiger partial charge in [0, 0.05) is 25.0 Å². The van der Waals surface area contributed by atoms with E-state index in [4.69, 9.17) is 0 Å². The lowest BCUT2D eigenvalue weighted by atomic mass is 9.94. The van der Waals surface area contributed by atoms with Gasteiger partial charge in [-0.15, -0.1) is 0 Å². The Bertz CT molecular complexity index is 621. The Morgan fingerprint density at radius 3 is 2.38 bits per heavy atom. The molecule has 142 valence electrons. The largest absolute Gasteiger partial charge is 0.350 e. The Labute approximate surface area is 156 Å². The second-order valence-electron chi connectivity index (χ2n) is 7.74. The van der Waals surface area contributed by atoms with Gasteiger partial charge in [0.25, 0.3) is 0 Å². The number of amides is 2. The molecule has 1 aromatic carbocycles. The van der Waals surface area contributed by atoms with Crippen LogP contribution < -0.4 is 10.6 Å². The highest BCUT2D eigenvalue weighted by Gasteiger charge is 2.29. The second-order valence-corrected chi connectivity index (χ2v) is 7.74. The summed E-state index contributed by atoms with van der Waals surface area (Å²) in [4.78, 5) is 26.1. The summed E-state index contributed by atoms with van der Waals surface area (Å²) < 4.78 is 0. The molecule has 2 aliphatic carbocycles. The molecule has 3 rings (SSSR count). The predicted molar refractivity (Wildman–Crippen MR) is 102 cm³/mol. The van der Waals surface area contributed by atoms with Gasteiger partial charge in [-0.2, -0.15) is 0 Å². The van der Waals surface area contributed by atoms with E-state index in [-0.39, 0.29) is 24.3 Å². The Morgan fingerprint density at radius 1 is 1.00 bits per heavy atom. The Balaban J connectivity index is 1.48. The van der Waals surface area contributed by atoms with Crippen LogP contribution in [0.25, 0.3) is 0 Å². The van der Waals surface area contributed by atoms with Gasteiger partial charge in [-0.3, -0.25) is 14.5 Å². The summed E-state index contributed by atoms with van der Waals surface area (Å²) in [5, 5.41) is 5.65. The van der Waals surface area contributed by atoms with Crippen LogP contribution in [-0.4, -0.2) is 36.3 Å². The highest BCUT2D eigenvalue weighted by Crippen LogP contribution is 2.28. The van der Waals surface area contributed by atoms with E-state index in [0.717, 1.165) is 24.9 Å². The van der Waals surface area contributed by atoms with Gasteiger partial charge in [-0.05, 0) is 43.9 Å². The molecule has 2 aliphatic rings.